The molecule has 106 valence electrons. The number of halogens is 1. The molecule has 3 heteroatoms. The minimum atomic E-state index is -0.324. The number of ether oxygens (including phenoxy) is 1. The van der Waals surface area contributed by atoms with Gasteiger partial charge in [-0.05, 0) is 37.1 Å². The number of methoxy groups -OCH3 is 1. The third-order valence-corrected chi connectivity index (χ3v) is 3.41. The lowest BCUT2D eigenvalue weighted by molar-refractivity contribution is 0.386. The Labute approximate surface area is 119 Å². The molecule has 0 aromatic heterocycles. The Morgan fingerprint density at radius 3 is 2.45 bits per heavy atom. The summed E-state index contributed by atoms with van der Waals surface area (Å²) in [4.78, 5) is 0. The van der Waals surface area contributed by atoms with E-state index in [1.165, 1.54) is 24.3 Å². The van der Waals surface area contributed by atoms with Crippen molar-refractivity contribution in [1.82, 2.24) is 5.32 Å². The number of hydrogen-bond acceptors (Lipinski definition) is 2. The van der Waals surface area contributed by atoms with E-state index < -0.39 is 0 Å². The van der Waals surface area contributed by atoms with E-state index in [1.54, 1.807) is 6.07 Å². The van der Waals surface area contributed by atoms with Gasteiger partial charge in [-0.2, -0.15) is 0 Å². The Bertz CT molecular complexity index is 566. The molecular formula is C17H20FNO. The van der Waals surface area contributed by atoms with E-state index >= 15 is 0 Å². The molecule has 2 nitrogen and oxygen atoms in total. The maximum atomic E-state index is 13.6. The lowest BCUT2D eigenvalue weighted by atomic mass is 10.1. The van der Waals surface area contributed by atoms with Gasteiger partial charge in [0, 0.05) is 12.6 Å². The molecule has 2 rings (SSSR count). The third kappa shape index (κ3) is 3.58. The molecule has 20 heavy (non-hydrogen) atoms. The molecule has 0 aliphatic rings. The molecule has 0 amide bonds. The number of hydrogen-bond donors (Lipinski definition) is 1. The Kier molecular flexibility index (Phi) is 4.74. The topological polar surface area (TPSA) is 21.3 Å². The van der Waals surface area contributed by atoms with Crippen molar-refractivity contribution in [2.45, 2.75) is 26.4 Å². The number of aryl methyl sites for hydroxylation is 1. The summed E-state index contributed by atoms with van der Waals surface area (Å²) in [7, 11) is 1.47. The first-order valence-electron chi connectivity index (χ1n) is 6.72. The van der Waals surface area contributed by atoms with E-state index in [4.69, 9.17) is 4.74 Å². The molecule has 0 radical (unpaired) electrons. The fourth-order valence-corrected chi connectivity index (χ4v) is 2.06. The zero-order valence-electron chi connectivity index (χ0n) is 12.1. The van der Waals surface area contributed by atoms with E-state index in [2.05, 4.69) is 43.4 Å². The number of nitrogens with one attached hydrogen (secondary N) is 1. The smallest absolute Gasteiger partial charge is 0.165 e. The maximum absolute atomic E-state index is 13.6. The Hall–Kier alpha value is -1.87. The van der Waals surface area contributed by atoms with Gasteiger partial charge in [0.15, 0.2) is 11.6 Å². The van der Waals surface area contributed by atoms with Crippen molar-refractivity contribution in [3.8, 4) is 5.75 Å². The maximum Gasteiger partial charge on any atom is 0.165 e. The van der Waals surface area contributed by atoms with Crippen LogP contribution in [0.3, 0.4) is 0 Å². The first kappa shape index (κ1) is 14.5. The Balaban J connectivity index is 1.97. The third-order valence-electron chi connectivity index (χ3n) is 3.41. The van der Waals surface area contributed by atoms with E-state index in [1.807, 2.05) is 6.07 Å². The van der Waals surface area contributed by atoms with Crippen molar-refractivity contribution in [3.63, 3.8) is 0 Å². The summed E-state index contributed by atoms with van der Waals surface area (Å²) in [5.41, 5.74) is 3.38. The second kappa shape index (κ2) is 6.53. The van der Waals surface area contributed by atoms with Crippen LogP contribution in [-0.2, 0) is 6.54 Å². The van der Waals surface area contributed by atoms with Crippen LogP contribution in [-0.4, -0.2) is 7.11 Å². The molecule has 0 fully saturated rings. The van der Waals surface area contributed by atoms with Crippen LogP contribution in [0.1, 0.15) is 29.7 Å². The van der Waals surface area contributed by atoms with Crippen LogP contribution in [0.2, 0.25) is 0 Å². The average molecular weight is 273 g/mol. The highest BCUT2D eigenvalue weighted by molar-refractivity contribution is 5.29. The molecule has 2 aromatic rings. The van der Waals surface area contributed by atoms with E-state index in [-0.39, 0.29) is 17.6 Å². The predicted molar refractivity (Wildman–Crippen MR) is 79.4 cm³/mol. The van der Waals surface area contributed by atoms with Crippen molar-refractivity contribution in [2.75, 3.05) is 7.11 Å². The van der Waals surface area contributed by atoms with Crippen LogP contribution in [0.25, 0.3) is 0 Å². The highest BCUT2D eigenvalue weighted by Crippen LogP contribution is 2.19. The lowest BCUT2D eigenvalue weighted by Crippen LogP contribution is -2.18. The predicted octanol–water partition coefficient (Wildman–Crippen LogP) is 3.99. The summed E-state index contributed by atoms with van der Waals surface area (Å²) >= 11 is 0. The van der Waals surface area contributed by atoms with Gasteiger partial charge in [-0.3, -0.25) is 0 Å². The van der Waals surface area contributed by atoms with Crippen molar-refractivity contribution in [3.05, 3.63) is 65.0 Å². The second-order valence-electron chi connectivity index (χ2n) is 4.98. The standard InChI is InChI=1S/C17H20FNO/c1-12-4-7-15(8-5-12)13(2)19-11-14-6-9-17(20-3)16(18)10-14/h4-10,13,19H,11H2,1-3H3. The molecule has 1 atom stereocenters. The molecule has 0 saturated carbocycles. The molecule has 0 saturated heterocycles. The first-order chi connectivity index (χ1) is 9.60. The van der Waals surface area contributed by atoms with E-state index in [0.29, 0.717) is 6.54 Å². The fraction of sp³-hybridized carbons (Fsp3) is 0.294. The largest absolute Gasteiger partial charge is 0.494 e. The normalized spacial score (nSPS) is 12.2. The van der Waals surface area contributed by atoms with E-state index in [0.717, 1.165) is 5.56 Å². The molecule has 1 unspecified atom stereocenters. The van der Waals surface area contributed by atoms with Gasteiger partial charge < -0.3 is 10.1 Å². The van der Waals surface area contributed by atoms with Crippen molar-refractivity contribution >= 4 is 0 Å². The fourth-order valence-electron chi connectivity index (χ4n) is 2.06. The molecular weight excluding hydrogens is 253 g/mol. The molecule has 0 bridgehead atoms. The molecule has 0 heterocycles. The van der Waals surface area contributed by atoms with Gasteiger partial charge in [0.2, 0.25) is 0 Å². The molecule has 0 spiro atoms. The van der Waals surface area contributed by atoms with Crippen molar-refractivity contribution in [1.29, 1.82) is 0 Å². The van der Waals surface area contributed by atoms with E-state index in [9.17, 15) is 4.39 Å². The quantitative estimate of drug-likeness (QED) is 0.889. The summed E-state index contributed by atoms with van der Waals surface area (Å²) in [5.74, 6) is -0.0462. The summed E-state index contributed by atoms with van der Waals surface area (Å²) < 4.78 is 18.5. The number of rotatable bonds is 5. The first-order valence-corrected chi connectivity index (χ1v) is 6.72. The van der Waals surface area contributed by atoms with Gasteiger partial charge in [0.25, 0.3) is 0 Å². The van der Waals surface area contributed by atoms with Gasteiger partial charge in [-0.1, -0.05) is 35.9 Å². The Morgan fingerprint density at radius 1 is 1.15 bits per heavy atom. The van der Waals surface area contributed by atoms with Gasteiger partial charge >= 0.3 is 0 Å². The van der Waals surface area contributed by atoms with Crippen LogP contribution < -0.4 is 10.1 Å². The van der Waals surface area contributed by atoms with Crippen molar-refractivity contribution in [2.24, 2.45) is 0 Å². The average Bonchev–Trinajstić information content (AvgIpc) is 2.45. The monoisotopic (exact) mass is 273 g/mol. The molecule has 2 aromatic carbocycles. The summed E-state index contributed by atoms with van der Waals surface area (Å²) in [6, 6.07) is 13.7. The molecule has 0 aliphatic carbocycles. The summed E-state index contributed by atoms with van der Waals surface area (Å²) in [6.07, 6.45) is 0. The van der Waals surface area contributed by atoms with Crippen LogP contribution >= 0.6 is 0 Å². The number of benzene rings is 2. The zero-order chi connectivity index (χ0) is 14.5. The van der Waals surface area contributed by atoms with Gasteiger partial charge in [-0.15, -0.1) is 0 Å². The van der Waals surface area contributed by atoms with Gasteiger partial charge in [-0.25, -0.2) is 4.39 Å². The Morgan fingerprint density at radius 2 is 1.85 bits per heavy atom. The summed E-state index contributed by atoms with van der Waals surface area (Å²) in [5, 5.41) is 3.39. The SMILES string of the molecule is COc1ccc(CNC(C)c2ccc(C)cc2)cc1F. The van der Waals surface area contributed by atoms with Crippen LogP contribution in [0.4, 0.5) is 4.39 Å². The van der Waals surface area contributed by atoms with Crippen LogP contribution in [0.5, 0.6) is 5.75 Å². The van der Waals surface area contributed by atoms with Crippen LogP contribution in [0.15, 0.2) is 42.5 Å². The highest BCUT2D eigenvalue weighted by Gasteiger charge is 2.07. The minimum Gasteiger partial charge on any atom is -0.494 e. The van der Waals surface area contributed by atoms with Crippen molar-refractivity contribution < 1.29 is 9.13 Å². The second-order valence-corrected chi connectivity index (χ2v) is 4.98. The summed E-state index contributed by atoms with van der Waals surface area (Å²) in [6.45, 7) is 4.79. The van der Waals surface area contributed by atoms with Gasteiger partial charge in [0.1, 0.15) is 0 Å². The lowest BCUT2D eigenvalue weighted by Gasteiger charge is -2.15. The molecule has 1 N–H and O–H groups in total. The van der Waals surface area contributed by atoms with Crippen LogP contribution in [0, 0.1) is 12.7 Å². The highest BCUT2D eigenvalue weighted by atomic mass is 19.1. The minimum absolute atomic E-state index is 0.223. The van der Waals surface area contributed by atoms with Gasteiger partial charge in [0.05, 0.1) is 7.11 Å². The zero-order valence-corrected chi connectivity index (χ0v) is 12.1. The molecule has 0 aliphatic heterocycles.